The van der Waals surface area contributed by atoms with Crippen LogP contribution in [0, 0.1) is 0 Å². The Balaban J connectivity index is 4.32. The summed E-state index contributed by atoms with van der Waals surface area (Å²) < 4.78 is 5.18. The van der Waals surface area contributed by atoms with Gasteiger partial charge in [-0.15, -0.1) is 0 Å². The highest BCUT2D eigenvalue weighted by Crippen LogP contribution is 1.99. The summed E-state index contributed by atoms with van der Waals surface area (Å²) in [6, 6.07) is -0.253. The van der Waals surface area contributed by atoms with Crippen molar-refractivity contribution in [3.63, 3.8) is 0 Å². The van der Waals surface area contributed by atoms with Crippen LogP contribution < -0.4 is 0 Å². The minimum Gasteiger partial charge on any atom is -0.480 e. The van der Waals surface area contributed by atoms with E-state index in [1.54, 1.807) is 11.8 Å². The van der Waals surface area contributed by atoms with E-state index in [0.717, 1.165) is 0 Å². The van der Waals surface area contributed by atoms with E-state index in [9.17, 15) is 9.59 Å². The fraction of sp³-hybridized carbons (Fsp3) is 0.818. The van der Waals surface area contributed by atoms with Gasteiger partial charge in [-0.1, -0.05) is 0 Å². The lowest BCUT2D eigenvalue weighted by molar-refractivity contribution is -0.137. The third-order valence-corrected chi connectivity index (χ3v) is 2.34. The van der Waals surface area contributed by atoms with E-state index in [4.69, 9.17) is 9.84 Å². The fourth-order valence-corrected chi connectivity index (χ4v) is 1.39. The summed E-state index contributed by atoms with van der Waals surface area (Å²) >= 11 is 0. The quantitative estimate of drug-likeness (QED) is 0.645. The Labute approximate surface area is 102 Å². The van der Waals surface area contributed by atoms with Gasteiger partial charge in [-0.05, 0) is 20.8 Å². The third-order valence-electron chi connectivity index (χ3n) is 2.34. The highest BCUT2D eigenvalue weighted by atomic mass is 16.5. The van der Waals surface area contributed by atoms with Gasteiger partial charge < -0.3 is 19.6 Å². The van der Waals surface area contributed by atoms with Crippen LogP contribution in [0.2, 0.25) is 0 Å². The Morgan fingerprint density at radius 2 is 1.71 bits per heavy atom. The second kappa shape index (κ2) is 8.81. The smallest absolute Gasteiger partial charge is 0.323 e. The van der Waals surface area contributed by atoms with Crippen molar-refractivity contribution in [2.45, 2.75) is 20.8 Å². The highest BCUT2D eigenvalue weighted by Gasteiger charge is 2.20. The number of amides is 2. The molecular formula is C11H22N2O4. The Morgan fingerprint density at radius 1 is 1.12 bits per heavy atom. The van der Waals surface area contributed by atoms with E-state index in [1.165, 1.54) is 4.90 Å². The Hall–Kier alpha value is -1.30. The number of aliphatic carboxylic acids is 1. The van der Waals surface area contributed by atoms with Gasteiger partial charge in [0, 0.05) is 26.2 Å². The van der Waals surface area contributed by atoms with Crippen molar-refractivity contribution < 1.29 is 19.4 Å². The summed E-state index contributed by atoms with van der Waals surface area (Å²) in [5, 5.41) is 8.70. The number of nitrogens with zero attached hydrogens (tertiary/aromatic N) is 2. The topological polar surface area (TPSA) is 70.1 Å². The van der Waals surface area contributed by atoms with Crippen LogP contribution in [0.4, 0.5) is 4.79 Å². The largest absolute Gasteiger partial charge is 0.480 e. The first-order valence-electron chi connectivity index (χ1n) is 5.90. The van der Waals surface area contributed by atoms with E-state index in [-0.39, 0.29) is 12.6 Å². The Kier molecular flexibility index (Phi) is 8.13. The number of carbonyl (C=O) groups is 2. The van der Waals surface area contributed by atoms with Crippen LogP contribution >= 0.6 is 0 Å². The van der Waals surface area contributed by atoms with Crippen molar-refractivity contribution in [1.82, 2.24) is 9.80 Å². The van der Waals surface area contributed by atoms with Crippen LogP contribution in [0.3, 0.4) is 0 Å². The van der Waals surface area contributed by atoms with Crippen LogP contribution in [0.1, 0.15) is 20.8 Å². The van der Waals surface area contributed by atoms with Crippen molar-refractivity contribution in [2.24, 2.45) is 0 Å². The van der Waals surface area contributed by atoms with E-state index >= 15 is 0 Å². The molecule has 0 aromatic carbocycles. The maximum absolute atomic E-state index is 12.0. The normalized spacial score (nSPS) is 10.1. The van der Waals surface area contributed by atoms with Gasteiger partial charge in [0.25, 0.3) is 0 Å². The molecule has 100 valence electrons. The average Bonchev–Trinajstić information content (AvgIpc) is 2.30. The number of hydrogen-bond donors (Lipinski definition) is 1. The Morgan fingerprint density at radius 3 is 2.12 bits per heavy atom. The van der Waals surface area contributed by atoms with E-state index in [0.29, 0.717) is 32.8 Å². The lowest BCUT2D eigenvalue weighted by Crippen LogP contribution is -2.46. The van der Waals surface area contributed by atoms with Gasteiger partial charge in [0.05, 0.1) is 6.61 Å². The van der Waals surface area contributed by atoms with E-state index in [2.05, 4.69) is 0 Å². The number of carboxylic acid groups (broad SMARTS) is 1. The summed E-state index contributed by atoms with van der Waals surface area (Å²) in [7, 11) is 0. The van der Waals surface area contributed by atoms with Gasteiger partial charge in [0.2, 0.25) is 0 Å². The van der Waals surface area contributed by atoms with Crippen molar-refractivity contribution in [2.75, 3.05) is 39.4 Å². The number of rotatable bonds is 8. The molecule has 0 aliphatic carbocycles. The molecule has 0 fully saturated rings. The second-order valence-electron chi connectivity index (χ2n) is 3.47. The molecule has 1 N–H and O–H groups in total. The molecule has 0 atom stereocenters. The first-order valence-corrected chi connectivity index (χ1v) is 5.90. The molecule has 17 heavy (non-hydrogen) atoms. The molecule has 0 unspecified atom stereocenters. The van der Waals surface area contributed by atoms with Crippen LogP contribution in [0.25, 0.3) is 0 Å². The molecule has 0 bridgehead atoms. The first-order chi connectivity index (χ1) is 8.06. The lowest BCUT2D eigenvalue weighted by atomic mass is 10.4. The minimum absolute atomic E-state index is 0.253. The second-order valence-corrected chi connectivity index (χ2v) is 3.47. The van der Waals surface area contributed by atoms with E-state index in [1.807, 2.05) is 13.8 Å². The van der Waals surface area contributed by atoms with Gasteiger partial charge in [-0.2, -0.15) is 0 Å². The van der Waals surface area contributed by atoms with Gasteiger partial charge in [-0.3, -0.25) is 4.79 Å². The molecule has 0 aliphatic rings. The van der Waals surface area contributed by atoms with E-state index < -0.39 is 5.97 Å². The summed E-state index contributed by atoms with van der Waals surface area (Å²) in [5.74, 6) is -0.999. The Bertz CT molecular complexity index is 246. The highest BCUT2D eigenvalue weighted by molar-refractivity contribution is 5.80. The summed E-state index contributed by atoms with van der Waals surface area (Å²) in [4.78, 5) is 25.5. The number of carbonyl (C=O) groups excluding carboxylic acids is 1. The number of urea groups is 1. The van der Waals surface area contributed by atoms with Crippen molar-refractivity contribution >= 4 is 12.0 Å². The van der Waals surface area contributed by atoms with Gasteiger partial charge in [0.1, 0.15) is 6.54 Å². The van der Waals surface area contributed by atoms with Crippen LogP contribution in [-0.2, 0) is 9.53 Å². The van der Waals surface area contributed by atoms with Crippen LogP contribution in [0.15, 0.2) is 0 Å². The van der Waals surface area contributed by atoms with Crippen LogP contribution in [0.5, 0.6) is 0 Å². The monoisotopic (exact) mass is 246 g/mol. The molecule has 0 aliphatic heterocycles. The predicted octanol–water partition coefficient (Wildman–Crippen LogP) is 0.871. The molecular weight excluding hydrogens is 224 g/mol. The molecule has 0 aromatic rings. The standard InChI is InChI=1S/C11H22N2O4/c1-4-12(7-8-17-6-3)11(16)13(5-2)9-10(14)15/h4-9H2,1-3H3,(H,14,15). The molecule has 0 saturated carbocycles. The van der Waals surface area contributed by atoms with Crippen molar-refractivity contribution in [1.29, 1.82) is 0 Å². The SMILES string of the molecule is CCOCCN(CC)C(=O)N(CC)CC(=O)O. The zero-order valence-corrected chi connectivity index (χ0v) is 10.8. The molecule has 0 spiro atoms. The lowest BCUT2D eigenvalue weighted by Gasteiger charge is -2.28. The maximum Gasteiger partial charge on any atom is 0.323 e. The molecule has 0 radical (unpaired) electrons. The fourth-order valence-electron chi connectivity index (χ4n) is 1.39. The number of carboxylic acids is 1. The molecule has 0 saturated heterocycles. The molecule has 0 heterocycles. The average molecular weight is 246 g/mol. The van der Waals surface area contributed by atoms with Crippen molar-refractivity contribution in [3.05, 3.63) is 0 Å². The maximum atomic E-state index is 12.0. The third kappa shape index (κ3) is 6.11. The zero-order chi connectivity index (χ0) is 13.3. The molecule has 0 aromatic heterocycles. The number of hydrogen-bond acceptors (Lipinski definition) is 3. The molecule has 6 heteroatoms. The van der Waals surface area contributed by atoms with Gasteiger partial charge in [0.15, 0.2) is 0 Å². The number of ether oxygens (including phenoxy) is 1. The molecule has 2 amide bonds. The van der Waals surface area contributed by atoms with Gasteiger partial charge >= 0.3 is 12.0 Å². The number of likely N-dealkylation sites (N-methyl/N-ethyl adjacent to an activating group) is 2. The summed E-state index contributed by atoms with van der Waals surface area (Å²) in [5.41, 5.74) is 0. The molecule has 0 rings (SSSR count). The summed E-state index contributed by atoms with van der Waals surface area (Å²) in [6.45, 7) is 7.74. The summed E-state index contributed by atoms with van der Waals surface area (Å²) in [6.07, 6.45) is 0. The zero-order valence-electron chi connectivity index (χ0n) is 10.8. The van der Waals surface area contributed by atoms with Crippen LogP contribution in [-0.4, -0.2) is 66.3 Å². The van der Waals surface area contributed by atoms with Gasteiger partial charge in [-0.25, -0.2) is 4.79 Å². The molecule has 6 nitrogen and oxygen atoms in total. The first kappa shape index (κ1) is 15.7. The predicted molar refractivity (Wildman–Crippen MR) is 64.0 cm³/mol. The minimum atomic E-state index is -0.999. The van der Waals surface area contributed by atoms with Crippen molar-refractivity contribution in [3.8, 4) is 0 Å².